The molecule has 1 aromatic carbocycles. The van der Waals surface area contributed by atoms with Gasteiger partial charge in [0.2, 0.25) is 0 Å². The van der Waals surface area contributed by atoms with Gasteiger partial charge in [0, 0.05) is 25.1 Å². The molecule has 1 unspecified atom stereocenters. The molecular weight excluding hydrogens is 348 g/mol. The van der Waals surface area contributed by atoms with E-state index < -0.39 is 0 Å². The summed E-state index contributed by atoms with van der Waals surface area (Å²) in [6.45, 7) is 5.32. The van der Waals surface area contributed by atoms with Crippen molar-refractivity contribution in [2.45, 2.75) is 26.7 Å². The van der Waals surface area contributed by atoms with Crippen molar-refractivity contribution in [2.24, 2.45) is 5.92 Å². The second-order valence-electron chi connectivity index (χ2n) is 6.64. The molecule has 1 aliphatic rings. The van der Waals surface area contributed by atoms with E-state index in [1.54, 1.807) is 0 Å². The summed E-state index contributed by atoms with van der Waals surface area (Å²) >= 11 is 1.47. The van der Waals surface area contributed by atoms with Gasteiger partial charge in [-0.05, 0) is 38.3 Å². The van der Waals surface area contributed by atoms with Crippen LogP contribution in [-0.4, -0.2) is 39.0 Å². The van der Waals surface area contributed by atoms with Crippen LogP contribution >= 0.6 is 11.3 Å². The molecule has 2 aromatic heterocycles. The van der Waals surface area contributed by atoms with Crippen LogP contribution in [0, 0.1) is 19.8 Å². The molecule has 0 aliphatic carbocycles. The van der Waals surface area contributed by atoms with Crippen molar-refractivity contribution in [3.05, 3.63) is 51.7 Å². The van der Waals surface area contributed by atoms with Crippen LogP contribution in [0.5, 0.6) is 0 Å². The number of likely N-dealkylation sites (tertiary alicyclic amines) is 1. The number of aromatic nitrogens is 3. The Labute approximate surface area is 155 Å². The maximum Gasteiger partial charge on any atom is 0.265 e. The van der Waals surface area contributed by atoms with E-state index in [9.17, 15) is 4.79 Å². The fourth-order valence-corrected chi connectivity index (χ4v) is 4.24. The molecular formula is C19H20N4O2S. The van der Waals surface area contributed by atoms with Gasteiger partial charge >= 0.3 is 0 Å². The van der Waals surface area contributed by atoms with Gasteiger partial charge in [-0.25, -0.2) is 4.98 Å². The minimum atomic E-state index is 0.0914. The van der Waals surface area contributed by atoms with Crippen molar-refractivity contribution < 1.29 is 9.32 Å². The van der Waals surface area contributed by atoms with E-state index in [1.165, 1.54) is 11.3 Å². The number of rotatable bonds is 4. The number of amides is 1. The minimum Gasteiger partial charge on any atom is -0.338 e. The first kappa shape index (κ1) is 16.9. The largest absolute Gasteiger partial charge is 0.338 e. The number of carbonyl (C=O) groups excluding carboxylic acids is 1. The van der Waals surface area contributed by atoms with Crippen molar-refractivity contribution in [3.8, 4) is 11.5 Å². The van der Waals surface area contributed by atoms with Crippen LogP contribution in [0.1, 0.15) is 32.6 Å². The van der Waals surface area contributed by atoms with Gasteiger partial charge in [0.25, 0.3) is 11.8 Å². The molecule has 3 aromatic rings. The van der Waals surface area contributed by atoms with Crippen LogP contribution in [0.2, 0.25) is 0 Å². The van der Waals surface area contributed by atoms with E-state index >= 15 is 0 Å². The highest BCUT2D eigenvalue weighted by atomic mass is 32.1. The molecule has 26 heavy (non-hydrogen) atoms. The summed E-state index contributed by atoms with van der Waals surface area (Å²) < 4.78 is 5.37. The number of hydrogen-bond donors (Lipinski definition) is 0. The van der Waals surface area contributed by atoms with Gasteiger partial charge < -0.3 is 9.42 Å². The van der Waals surface area contributed by atoms with Crippen molar-refractivity contribution in [1.29, 1.82) is 0 Å². The number of benzene rings is 1. The third kappa shape index (κ3) is 3.39. The average Bonchev–Trinajstić information content (AvgIpc) is 3.36. The maximum absolute atomic E-state index is 12.7. The Hall–Kier alpha value is -2.54. The van der Waals surface area contributed by atoms with Crippen molar-refractivity contribution >= 4 is 17.2 Å². The Morgan fingerprint density at radius 3 is 2.81 bits per heavy atom. The van der Waals surface area contributed by atoms with Crippen LogP contribution in [0.4, 0.5) is 0 Å². The lowest BCUT2D eigenvalue weighted by Crippen LogP contribution is -2.28. The van der Waals surface area contributed by atoms with E-state index in [1.807, 2.05) is 49.1 Å². The smallest absolute Gasteiger partial charge is 0.265 e. The molecule has 0 saturated carbocycles. The summed E-state index contributed by atoms with van der Waals surface area (Å²) in [7, 11) is 0. The Kier molecular flexibility index (Phi) is 4.55. The molecule has 0 radical (unpaired) electrons. The zero-order chi connectivity index (χ0) is 18.1. The zero-order valence-electron chi connectivity index (χ0n) is 14.8. The third-order valence-electron chi connectivity index (χ3n) is 4.63. The average molecular weight is 368 g/mol. The Balaban J connectivity index is 1.40. The monoisotopic (exact) mass is 368 g/mol. The highest BCUT2D eigenvalue weighted by molar-refractivity contribution is 7.13. The maximum atomic E-state index is 12.7. The SMILES string of the molecule is Cc1nc(C)c(C(=O)N2CCC(Cc3noc(-c4ccccc4)n3)C2)s1. The first-order valence-corrected chi connectivity index (χ1v) is 9.53. The molecule has 4 rings (SSSR count). The number of aryl methyl sites for hydroxylation is 2. The molecule has 134 valence electrons. The standard InChI is InChI=1S/C19H20N4O2S/c1-12-17(26-13(2)20-12)19(24)23-9-8-14(11-23)10-16-21-18(25-22-16)15-6-4-3-5-7-15/h3-7,14H,8-11H2,1-2H3. The molecule has 0 bridgehead atoms. The van der Waals surface area contributed by atoms with Gasteiger partial charge in [0.15, 0.2) is 5.82 Å². The first-order valence-electron chi connectivity index (χ1n) is 8.71. The van der Waals surface area contributed by atoms with E-state index in [-0.39, 0.29) is 5.91 Å². The van der Waals surface area contributed by atoms with Gasteiger partial charge in [-0.3, -0.25) is 4.79 Å². The van der Waals surface area contributed by atoms with Crippen molar-refractivity contribution in [2.75, 3.05) is 13.1 Å². The van der Waals surface area contributed by atoms with Crippen molar-refractivity contribution in [1.82, 2.24) is 20.0 Å². The second kappa shape index (κ2) is 6.99. The fourth-order valence-electron chi connectivity index (χ4n) is 3.35. The molecule has 1 atom stereocenters. The Morgan fingerprint density at radius 2 is 2.08 bits per heavy atom. The van der Waals surface area contributed by atoms with Crippen LogP contribution in [0.3, 0.4) is 0 Å². The lowest BCUT2D eigenvalue weighted by molar-refractivity contribution is 0.0791. The minimum absolute atomic E-state index is 0.0914. The predicted molar refractivity (Wildman–Crippen MR) is 99.0 cm³/mol. The van der Waals surface area contributed by atoms with Gasteiger partial charge in [0.05, 0.1) is 10.7 Å². The number of hydrogen-bond acceptors (Lipinski definition) is 6. The van der Waals surface area contributed by atoms with E-state index in [0.29, 0.717) is 17.6 Å². The van der Waals surface area contributed by atoms with Gasteiger partial charge in [-0.15, -0.1) is 11.3 Å². The van der Waals surface area contributed by atoms with E-state index in [4.69, 9.17) is 4.52 Å². The fraction of sp³-hybridized carbons (Fsp3) is 0.368. The lowest BCUT2D eigenvalue weighted by Gasteiger charge is -2.15. The predicted octanol–water partition coefficient (Wildman–Crippen LogP) is 3.51. The Bertz CT molecular complexity index is 919. The van der Waals surface area contributed by atoms with Gasteiger partial charge in [0.1, 0.15) is 4.88 Å². The van der Waals surface area contributed by atoms with Crippen LogP contribution in [0.25, 0.3) is 11.5 Å². The molecule has 0 N–H and O–H groups in total. The summed E-state index contributed by atoms with van der Waals surface area (Å²) in [5.41, 5.74) is 1.75. The number of nitrogens with zero attached hydrogens (tertiary/aromatic N) is 4. The van der Waals surface area contributed by atoms with E-state index in [2.05, 4.69) is 15.1 Å². The molecule has 7 heteroatoms. The lowest BCUT2D eigenvalue weighted by atomic mass is 10.1. The molecule has 1 amide bonds. The Morgan fingerprint density at radius 1 is 1.27 bits per heavy atom. The molecule has 6 nitrogen and oxygen atoms in total. The second-order valence-corrected chi connectivity index (χ2v) is 7.84. The highest BCUT2D eigenvalue weighted by Crippen LogP contribution is 2.26. The summed E-state index contributed by atoms with van der Waals surface area (Å²) in [6, 6.07) is 9.75. The normalized spacial score (nSPS) is 17.0. The number of thiazole rings is 1. The van der Waals surface area contributed by atoms with Crippen LogP contribution in [-0.2, 0) is 6.42 Å². The van der Waals surface area contributed by atoms with Gasteiger partial charge in [-0.1, -0.05) is 23.4 Å². The summed E-state index contributed by atoms with van der Waals surface area (Å²) in [6.07, 6.45) is 1.68. The van der Waals surface area contributed by atoms with Crippen LogP contribution in [0.15, 0.2) is 34.9 Å². The molecule has 3 heterocycles. The van der Waals surface area contributed by atoms with Crippen LogP contribution < -0.4 is 0 Å². The molecule has 1 saturated heterocycles. The molecule has 0 spiro atoms. The quantitative estimate of drug-likeness (QED) is 0.705. The highest BCUT2D eigenvalue weighted by Gasteiger charge is 2.30. The molecule has 1 fully saturated rings. The zero-order valence-corrected chi connectivity index (χ0v) is 15.6. The van der Waals surface area contributed by atoms with Gasteiger partial charge in [-0.2, -0.15) is 4.98 Å². The third-order valence-corrected chi connectivity index (χ3v) is 5.69. The topological polar surface area (TPSA) is 72.1 Å². The molecule has 1 aliphatic heterocycles. The first-order chi connectivity index (χ1) is 12.6. The van der Waals surface area contributed by atoms with Crippen molar-refractivity contribution in [3.63, 3.8) is 0 Å². The summed E-state index contributed by atoms with van der Waals surface area (Å²) in [4.78, 5) is 24.3. The summed E-state index contributed by atoms with van der Waals surface area (Å²) in [5.74, 6) is 1.69. The van der Waals surface area contributed by atoms with E-state index in [0.717, 1.165) is 47.1 Å². The summed E-state index contributed by atoms with van der Waals surface area (Å²) in [5, 5.41) is 5.04. The number of carbonyl (C=O) groups is 1.